The predicted octanol–water partition coefficient (Wildman–Crippen LogP) is 4.48. The molecule has 0 aliphatic carbocycles. The number of hydrogen-bond acceptors (Lipinski definition) is 6. The summed E-state index contributed by atoms with van der Waals surface area (Å²) in [6.07, 6.45) is 2.43. The highest BCUT2D eigenvalue weighted by Gasteiger charge is 2.05. The van der Waals surface area contributed by atoms with Gasteiger partial charge >= 0.3 is 12.1 Å². The highest BCUT2D eigenvalue weighted by atomic mass is 32.1. The van der Waals surface area contributed by atoms with Gasteiger partial charge in [-0.05, 0) is 49.4 Å². The summed E-state index contributed by atoms with van der Waals surface area (Å²) in [5.74, 6) is -0.131. The molecule has 0 unspecified atom stereocenters. The Hall–Kier alpha value is -3.19. The van der Waals surface area contributed by atoms with Crippen LogP contribution < -0.4 is 10.1 Å². The van der Waals surface area contributed by atoms with E-state index in [1.807, 2.05) is 24.3 Å². The van der Waals surface area contributed by atoms with Crippen LogP contribution in [0.5, 0.6) is 5.75 Å². The Morgan fingerprint density at radius 1 is 1.15 bits per heavy atom. The summed E-state index contributed by atoms with van der Waals surface area (Å²) in [6, 6.07) is 14.2. The van der Waals surface area contributed by atoms with Gasteiger partial charge in [0.15, 0.2) is 0 Å². The first-order chi connectivity index (χ1) is 12.6. The molecule has 1 heterocycles. The van der Waals surface area contributed by atoms with Crippen LogP contribution in [0.1, 0.15) is 11.9 Å². The Morgan fingerprint density at radius 3 is 2.65 bits per heavy atom. The zero-order chi connectivity index (χ0) is 18.4. The van der Waals surface area contributed by atoms with Gasteiger partial charge in [0.1, 0.15) is 10.8 Å². The zero-order valence-electron chi connectivity index (χ0n) is 14.0. The van der Waals surface area contributed by atoms with Crippen molar-refractivity contribution in [2.75, 3.05) is 11.9 Å². The summed E-state index contributed by atoms with van der Waals surface area (Å²) in [6.45, 7) is 2.02. The first-order valence-electron chi connectivity index (χ1n) is 7.93. The number of nitrogens with zero attached hydrogens (tertiary/aromatic N) is 1. The first-order valence-corrected chi connectivity index (χ1v) is 8.75. The number of hydrogen-bond donors (Lipinski definition) is 1. The molecule has 26 heavy (non-hydrogen) atoms. The monoisotopic (exact) mass is 368 g/mol. The van der Waals surface area contributed by atoms with Crippen molar-refractivity contribution in [2.45, 2.75) is 6.92 Å². The third-order valence-electron chi connectivity index (χ3n) is 3.27. The van der Waals surface area contributed by atoms with E-state index in [2.05, 4.69) is 10.3 Å². The van der Waals surface area contributed by atoms with Crippen molar-refractivity contribution in [3.63, 3.8) is 0 Å². The number of nitrogens with one attached hydrogen (secondary N) is 1. The number of para-hydroxylation sites is 1. The summed E-state index contributed by atoms with van der Waals surface area (Å²) >= 11 is 1.50. The van der Waals surface area contributed by atoms with Gasteiger partial charge in [0.2, 0.25) is 0 Å². The molecule has 1 aromatic heterocycles. The minimum absolute atomic E-state index is 0.294. The maximum atomic E-state index is 11.9. The summed E-state index contributed by atoms with van der Waals surface area (Å²) in [7, 11) is 0. The fourth-order valence-corrected chi connectivity index (χ4v) is 3.01. The second-order valence-corrected chi connectivity index (χ2v) is 6.21. The highest BCUT2D eigenvalue weighted by molar-refractivity contribution is 7.19. The molecule has 0 saturated carbocycles. The molecule has 0 aliphatic heterocycles. The Balaban J connectivity index is 1.58. The van der Waals surface area contributed by atoms with Gasteiger partial charge in [0.25, 0.3) is 0 Å². The van der Waals surface area contributed by atoms with Crippen molar-refractivity contribution in [3.05, 3.63) is 59.6 Å². The SMILES string of the molecule is CCOC(=O)Nc1ccc(OC(=O)C=Cc2nc3ccccc3s2)cc1. The van der Waals surface area contributed by atoms with E-state index < -0.39 is 12.1 Å². The van der Waals surface area contributed by atoms with Crippen molar-refractivity contribution in [2.24, 2.45) is 0 Å². The average molecular weight is 368 g/mol. The van der Waals surface area contributed by atoms with Crippen LogP contribution in [0.15, 0.2) is 54.6 Å². The molecular weight excluding hydrogens is 352 g/mol. The number of ether oxygens (including phenoxy) is 2. The lowest BCUT2D eigenvalue weighted by Gasteiger charge is -2.06. The fraction of sp³-hybridized carbons (Fsp3) is 0.105. The van der Waals surface area contributed by atoms with E-state index in [-0.39, 0.29) is 0 Å². The quantitative estimate of drug-likeness (QED) is 0.408. The minimum atomic E-state index is -0.531. The van der Waals surface area contributed by atoms with Crippen molar-refractivity contribution in [3.8, 4) is 5.75 Å². The van der Waals surface area contributed by atoms with E-state index in [1.165, 1.54) is 17.4 Å². The van der Waals surface area contributed by atoms with Gasteiger partial charge in [-0.25, -0.2) is 14.6 Å². The van der Waals surface area contributed by atoms with Crippen LogP contribution in [0.25, 0.3) is 16.3 Å². The lowest BCUT2D eigenvalue weighted by molar-refractivity contribution is -0.128. The van der Waals surface area contributed by atoms with Crippen molar-refractivity contribution < 1.29 is 19.1 Å². The number of aromatic nitrogens is 1. The van der Waals surface area contributed by atoms with Crippen LogP contribution in [-0.2, 0) is 9.53 Å². The van der Waals surface area contributed by atoms with Gasteiger partial charge in [0.05, 0.1) is 16.8 Å². The molecule has 0 spiro atoms. The molecule has 1 amide bonds. The third-order valence-corrected chi connectivity index (χ3v) is 4.27. The van der Waals surface area contributed by atoms with E-state index in [0.29, 0.717) is 18.0 Å². The van der Waals surface area contributed by atoms with Crippen LogP contribution >= 0.6 is 11.3 Å². The Labute approximate surface area is 154 Å². The van der Waals surface area contributed by atoms with Crippen LogP contribution in [0.4, 0.5) is 10.5 Å². The second-order valence-electron chi connectivity index (χ2n) is 5.14. The molecule has 0 bridgehead atoms. The van der Waals surface area contributed by atoms with Crippen molar-refractivity contribution >= 4 is 45.4 Å². The van der Waals surface area contributed by atoms with E-state index in [9.17, 15) is 9.59 Å². The summed E-state index contributed by atoms with van der Waals surface area (Å²) < 4.78 is 11.1. The van der Waals surface area contributed by atoms with Gasteiger partial charge in [-0.3, -0.25) is 5.32 Å². The highest BCUT2D eigenvalue weighted by Crippen LogP contribution is 2.22. The molecule has 6 nitrogen and oxygen atoms in total. The van der Waals surface area contributed by atoms with E-state index >= 15 is 0 Å². The van der Waals surface area contributed by atoms with E-state index in [4.69, 9.17) is 9.47 Å². The third kappa shape index (κ3) is 4.67. The maximum absolute atomic E-state index is 11.9. The van der Waals surface area contributed by atoms with Crippen LogP contribution in [-0.4, -0.2) is 23.7 Å². The number of carbonyl (C=O) groups excluding carboxylic acids is 2. The Kier molecular flexibility index (Phi) is 5.60. The van der Waals surface area contributed by atoms with Crippen LogP contribution in [0.2, 0.25) is 0 Å². The summed E-state index contributed by atoms with van der Waals surface area (Å²) in [5.41, 5.74) is 1.45. The summed E-state index contributed by atoms with van der Waals surface area (Å²) in [5, 5.41) is 3.29. The maximum Gasteiger partial charge on any atom is 0.411 e. The molecule has 0 atom stereocenters. The van der Waals surface area contributed by atoms with E-state index in [1.54, 1.807) is 37.3 Å². The first kappa shape index (κ1) is 17.6. The lowest BCUT2D eigenvalue weighted by Crippen LogP contribution is -2.13. The number of esters is 1. The molecule has 2 aromatic carbocycles. The number of rotatable bonds is 5. The van der Waals surface area contributed by atoms with Gasteiger partial charge in [-0.2, -0.15) is 0 Å². The predicted molar refractivity (Wildman–Crippen MR) is 101 cm³/mol. The second kappa shape index (κ2) is 8.26. The molecule has 0 saturated heterocycles. The summed E-state index contributed by atoms with van der Waals surface area (Å²) in [4.78, 5) is 27.7. The standard InChI is InChI=1S/C19H16N2O4S/c1-2-24-19(23)20-13-7-9-14(10-8-13)25-18(22)12-11-17-21-15-5-3-4-6-16(15)26-17/h3-12H,2H2,1H3,(H,20,23). The van der Waals surface area contributed by atoms with Gasteiger partial charge in [0, 0.05) is 11.8 Å². The molecule has 3 rings (SSSR count). The fourth-order valence-electron chi connectivity index (χ4n) is 2.14. The average Bonchev–Trinajstić information content (AvgIpc) is 3.05. The molecular formula is C19H16N2O4S. The Morgan fingerprint density at radius 2 is 1.92 bits per heavy atom. The number of benzene rings is 2. The van der Waals surface area contributed by atoms with E-state index in [0.717, 1.165) is 15.2 Å². The van der Waals surface area contributed by atoms with Crippen LogP contribution in [0, 0.1) is 0 Å². The molecule has 0 radical (unpaired) electrons. The topological polar surface area (TPSA) is 77.5 Å². The number of carbonyl (C=O) groups is 2. The van der Waals surface area contributed by atoms with Gasteiger partial charge in [-0.15, -0.1) is 11.3 Å². The number of fused-ring (bicyclic) bond motifs is 1. The number of thiazole rings is 1. The van der Waals surface area contributed by atoms with Gasteiger partial charge < -0.3 is 9.47 Å². The largest absolute Gasteiger partial charge is 0.450 e. The molecule has 132 valence electrons. The Bertz CT molecular complexity index is 915. The smallest absolute Gasteiger partial charge is 0.411 e. The lowest BCUT2D eigenvalue weighted by atomic mass is 10.3. The minimum Gasteiger partial charge on any atom is -0.450 e. The van der Waals surface area contributed by atoms with Crippen LogP contribution in [0.3, 0.4) is 0 Å². The molecule has 0 fully saturated rings. The molecule has 7 heteroatoms. The number of amides is 1. The molecule has 0 aliphatic rings. The van der Waals surface area contributed by atoms with Crippen molar-refractivity contribution in [1.29, 1.82) is 0 Å². The van der Waals surface area contributed by atoms with Gasteiger partial charge in [-0.1, -0.05) is 12.1 Å². The number of anilines is 1. The van der Waals surface area contributed by atoms with Crippen molar-refractivity contribution in [1.82, 2.24) is 4.98 Å². The zero-order valence-corrected chi connectivity index (χ0v) is 14.8. The normalized spacial score (nSPS) is 10.8. The molecule has 3 aromatic rings. The molecule has 1 N–H and O–H groups in total.